The summed E-state index contributed by atoms with van der Waals surface area (Å²) in [6, 6.07) is 0.458. The molecule has 0 aliphatic heterocycles. The van der Waals surface area contributed by atoms with Gasteiger partial charge >= 0.3 is 0 Å². The highest BCUT2D eigenvalue weighted by Crippen LogP contribution is 2.11. The largest absolute Gasteiger partial charge is 0.287 e. The smallest absolute Gasteiger partial charge is 0.187 e. The SMILES string of the molecule is NC1[CH+]C1. The Morgan fingerprint density at radius 1 is 2.00 bits per heavy atom. The molecule has 0 amide bonds. The van der Waals surface area contributed by atoms with E-state index in [1.165, 1.54) is 0 Å². The molecule has 1 fully saturated rings. The lowest BCUT2D eigenvalue weighted by molar-refractivity contribution is 1.10. The summed E-state index contributed by atoms with van der Waals surface area (Å²) in [5.41, 5.74) is 5.17. The van der Waals surface area contributed by atoms with Gasteiger partial charge in [0.15, 0.2) is 6.04 Å². The monoisotopic (exact) mass is 56.0 g/mol. The molecule has 0 heterocycles. The molecule has 0 radical (unpaired) electrons. The number of hydrogen-bond acceptors (Lipinski definition) is 1. The van der Waals surface area contributed by atoms with E-state index < -0.39 is 0 Å². The van der Waals surface area contributed by atoms with Crippen LogP contribution in [0.25, 0.3) is 0 Å². The van der Waals surface area contributed by atoms with Gasteiger partial charge in [-0.05, 0) is 0 Å². The van der Waals surface area contributed by atoms with E-state index in [4.69, 9.17) is 5.73 Å². The second-order valence-electron chi connectivity index (χ2n) is 1.14. The molecule has 0 saturated heterocycles. The van der Waals surface area contributed by atoms with Gasteiger partial charge in [0.2, 0.25) is 0 Å². The minimum atomic E-state index is 0.458. The topological polar surface area (TPSA) is 26.0 Å². The van der Waals surface area contributed by atoms with Crippen molar-refractivity contribution in [3.05, 3.63) is 6.42 Å². The summed E-state index contributed by atoms with van der Waals surface area (Å²) >= 11 is 0. The van der Waals surface area contributed by atoms with Crippen molar-refractivity contribution in [1.29, 1.82) is 0 Å². The first-order valence-corrected chi connectivity index (χ1v) is 1.48. The maximum atomic E-state index is 5.17. The summed E-state index contributed by atoms with van der Waals surface area (Å²) in [6.45, 7) is 0. The van der Waals surface area contributed by atoms with Crippen molar-refractivity contribution in [1.82, 2.24) is 0 Å². The van der Waals surface area contributed by atoms with Crippen LogP contribution in [0.4, 0.5) is 0 Å². The second kappa shape index (κ2) is 0.406. The standard InChI is InChI=1S/C3H6N/c4-3-1-2-3/h1,3H,2,4H2/q+1. The van der Waals surface area contributed by atoms with Crippen LogP contribution in [-0.2, 0) is 0 Å². The molecule has 1 aliphatic rings. The summed E-state index contributed by atoms with van der Waals surface area (Å²) in [5.74, 6) is 0. The van der Waals surface area contributed by atoms with Gasteiger partial charge in [-0.25, -0.2) is 0 Å². The molecule has 1 saturated carbocycles. The Balaban J connectivity index is 2.17. The van der Waals surface area contributed by atoms with E-state index in [2.05, 4.69) is 6.42 Å². The van der Waals surface area contributed by atoms with Crippen LogP contribution in [0.1, 0.15) is 6.42 Å². The van der Waals surface area contributed by atoms with E-state index in [0.29, 0.717) is 6.04 Å². The van der Waals surface area contributed by atoms with Crippen molar-refractivity contribution < 1.29 is 0 Å². The molecule has 1 nitrogen and oxygen atoms in total. The molecule has 1 heteroatoms. The van der Waals surface area contributed by atoms with Crippen LogP contribution in [0.15, 0.2) is 0 Å². The van der Waals surface area contributed by atoms with Crippen LogP contribution in [-0.4, -0.2) is 6.04 Å². The normalized spacial score (nSPS) is 37.8. The van der Waals surface area contributed by atoms with Gasteiger partial charge in [0.1, 0.15) is 12.8 Å². The fourth-order valence-electron chi connectivity index (χ4n) is 0.0786. The molecule has 0 aromatic rings. The highest BCUT2D eigenvalue weighted by atomic mass is 14.7. The number of nitrogens with two attached hydrogens (primary N) is 1. The van der Waals surface area contributed by atoms with Gasteiger partial charge in [0.05, 0.1) is 0 Å². The fourth-order valence-corrected chi connectivity index (χ4v) is 0.0786. The summed E-state index contributed by atoms with van der Waals surface area (Å²) < 4.78 is 0. The first-order valence-electron chi connectivity index (χ1n) is 1.48. The van der Waals surface area contributed by atoms with Crippen LogP contribution in [0.3, 0.4) is 0 Å². The minimum absolute atomic E-state index is 0.458. The lowest BCUT2D eigenvalue weighted by Crippen LogP contribution is -1.94. The van der Waals surface area contributed by atoms with E-state index in [1.807, 2.05) is 0 Å². The van der Waals surface area contributed by atoms with E-state index in [0.717, 1.165) is 6.42 Å². The molecule has 0 spiro atoms. The van der Waals surface area contributed by atoms with Crippen molar-refractivity contribution in [3.8, 4) is 0 Å². The summed E-state index contributed by atoms with van der Waals surface area (Å²) in [5, 5.41) is 0. The first-order chi connectivity index (χ1) is 1.89. The quantitative estimate of drug-likeness (QED) is 0.386. The molecule has 22 valence electrons. The molecule has 0 aromatic carbocycles. The van der Waals surface area contributed by atoms with Crippen molar-refractivity contribution >= 4 is 0 Å². The average Bonchev–Trinajstić information content (AvgIpc) is 1.75. The zero-order valence-electron chi connectivity index (χ0n) is 2.44. The molecule has 1 atom stereocenters. The molecule has 1 rings (SSSR count). The maximum absolute atomic E-state index is 5.17. The summed E-state index contributed by atoms with van der Waals surface area (Å²) in [7, 11) is 0. The van der Waals surface area contributed by atoms with E-state index in [1.54, 1.807) is 0 Å². The zero-order valence-corrected chi connectivity index (χ0v) is 2.44. The van der Waals surface area contributed by atoms with Crippen LogP contribution >= 0.6 is 0 Å². The average molecular weight is 56.1 g/mol. The molecular weight excluding hydrogens is 50.0 g/mol. The van der Waals surface area contributed by atoms with Crippen LogP contribution < -0.4 is 5.73 Å². The molecule has 1 aliphatic carbocycles. The molecule has 4 heavy (non-hydrogen) atoms. The molecule has 1 unspecified atom stereocenters. The van der Waals surface area contributed by atoms with Gasteiger partial charge in [-0.2, -0.15) is 0 Å². The Bertz CT molecular complexity index is 22.5. The van der Waals surface area contributed by atoms with Crippen LogP contribution in [0, 0.1) is 6.42 Å². The predicted molar refractivity (Wildman–Crippen MR) is 16.9 cm³/mol. The molecule has 2 N–H and O–H groups in total. The van der Waals surface area contributed by atoms with Gasteiger partial charge in [-0.15, -0.1) is 0 Å². The molecule has 0 bridgehead atoms. The minimum Gasteiger partial charge on any atom is -0.287 e. The highest BCUT2D eigenvalue weighted by molar-refractivity contribution is 4.98. The predicted octanol–water partition coefficient (Wildman–Crippen LogP) is -0.0783. The Morgan fingerprint density at radius 2 is 2.25 bits per heavy atom. The van der Waals surface area contributed by atoms with Gasteiger partial charge in [-0.1, -0.05) is 0 Å². The zero-order chi connectivity index (χ0) is 2.99. The highest BCUT2D eigenvalue weighted by Gasteiger charge is 2.29. The van der Waals surface area contributed by atoms with Crippen molar-refractivity contribution in [2.45, 2.75) is 12.5 Å². The lowest BCUT2D eigenvalue weighted by atomic mass is 10.8. The van der Waals surface area contributed by atoms with Gasteiger partial charge < -0.3 is 0 Å². The van der Waals surface area contributed by atoms with Crippen LogP contribution in [0.5, 0.6) is 0 Å². The third-order valence-corrected chi connectivity index (χ3v) is 0.508. The van der Waals surface area contributed by atoms with Crippen LogP contribution in [0.2, 0.25) is 0 Å². The summed E-state index contributed by atoms with van der Waals surface area (Å²) in [6.07, 6.45) is 3.21. The lowest BCUT2D eigenvalue weighted by Gasteiger charge is -1.45. The Hall–Kier alpha value is -0.170. The first kappa shape index (κ1) is 2.09. The fraction of sp³-hybridized carbons (Fsp3) is 0.667. The summed E-state index contributed by atoms with van der Waals surface area (Å²) in [4.78, 5) is 0. The van der Waals surface area contributed by atoms with Gasteiger partial charge in [0.25, 0.3) is 0 Å². The maximum Gasteiger partial charge on any atom is 0.187 e. The Labute approximate surface area is 25.8 Å². The van der Waals surface area contributed by atoms with Gasteiger partial charge in [0, 0.05) is 0 Å². The number of hydrogen-bond donors (Lipinski definition) is 1. The molecular formula is C3H6N+. The second-order valence-corrected chi connectivity index (χ2v) is 1.14. The van der Waals surface area contributed by atoms with E-state index in [9.17, 15) is 0 Å². The van der Waals surface area contributed by atoms with Crippen molar-refractivity contribution in [2.75, 3.05) is 0 Å². The third kappa shape index (κ3) is 0.157. The van der Waals surface area contributed by atoms with Crippen molar-refractivity contribution in [2.24, 2.45) is 5.73 Å². The Morgan fingerprint density at radius 3 is 2.25 bits per heavy atom. The van der Waals surface area contributed by atoms with E-state index in [-0.39, 0.29) is 0 Å². The van der Waals surface area contributed by atoms with E-state index >= 15 is 0 Å². The molecule has 0 aromatic heterocycles. The van der Waals surface area contributed by atoms with Gasteiger partial charge in [-0.3, -0.25) is 5.73 Å². The van der Waals surface area contributed by atoms with Crippen molar-refractivity contribution in [3.63, 3.8) is 0 Å². The third-order valence-electron chi connectivity index (χ3n) is 0.508. The Kier molecular flexibility index (Phi) is 0.212. The number of rotatable bonds is 0.